The van der Waals surface area contributed by atoms with Crippen LogP contribution < -0.4 is 9.46 Å². The maximum atomic E-state index is 12.7. The number of nitrogens with one attached hydrogen (secondary N) is 1. The number of para-hydroxylation sites is 1. The number of ether oxygens (including phenoxy) is 2. The summed E-state index contributed by atoms with van der Waals surface area (Å²) in [7, 11) is -1.10. The summed E-state index contributed by atoms with van der Waals surface area (Å²) in [5.41, 5.74) is 1.55. The summed E-state index contributed by atoms with van der Waals surface area (Å²) in [5.74, 6) is -0.00246. The van der Waals surface area contributed by atoms with Crippen molar-refractivity contribution in [3.05, 3.63) is 53.1 Å². The zero-order chi connectivity index (χ0) is 17.9. The summed E-state index contributed by atoms with van der Waals surface area (Å²) in [6.07, 6.45) is 0. The van der Waals surface area contributed by atoms with Gasteiger partial charge in [-0.25, -0.2) is 13.2 Å². The zero-order valence-electron chi connectivity index (χ0n) is 13.9. The number of hydrogen-bond acceptors (Lipinski definition) is 5. The Morgan fingerprint density at radius 3 is 2.33 bits per heavy atom. The molecule has 7 heteroatoms. The maximum absolute atomic E-state index is 12.7. The van der Waals surface area contributed by atoms with Crippen LogP contribution in [0.15, 0.2) is 41.3 Å². The first-order chi connectivity index (χ1) is 11.3. The molecule has 2 aromatic carbocycles. The van der Waals surface area contributed by atoms with Gasteiger partial charge in [-0.1, -0.05) is 12.1 Å². The van der Waals surface area contributed by atoms with E-state index in [1.165, 1.54) is 32.4 Å². The van der Waals surface area contributed by atoms with Crippen LogP contribution in [-0.2, 0) is 14.8 Å². The summed E-state index contributed by atoms with van der Waals surface area (Å²) >= 11 is 0. The van der Waals surface area contributed by atoms with Crippen LogP contribution in [-0.4, -0.2) is 28.6 Å². The molecule has 0 radical (unpaired) electrons. The molecular weight excluding hydrogens is 330 g/mol. The van der Waals surface area contributed by atoms with E-state index in [0.29, 0.717) is 16.9 Å². The number of methoxy groups -OCH3 is 2. The van der Waals surface area contributed by atoms with Gasteiger partial charge in [0, 0.05) is 0 Å². The highest BCUT2D eigenvalue weighted by molar-refractivity contribution is 7.92. The van der Waals surface area contributed by atoms with Crippen LogP contribution in [0.4, 0.5) is 5.69 Å². The Morgan fingerprint density at radius 1 is 1.04 bits per heavy atom. The Kier molecular flexibility index (Phi) is 5.14. The van der Waals surface area contributed by atoms with Crippen molar-refractivity contribution in [1.82, 2.24) is 0 Å². The molecule has 128 valence electrons. The number of aryl methyl sites for hydroxylation is 2. The van der Waals surface area contributed by atoms with Gasteiger partial charge in [-0.15, -0.1) is 0 Å². The number of benzene rings is 2. The van der Waals surface area contributed by atoms with Gasteiger partial charge in [0.25, 0.3) is 10.0 Å². The summed E-state index contributed by atoms with van der Waals surface area (Å²) < 4.78 is 37.8. The van der Waals surface area contributed by atoms with E-state index in [4.69, 9.17) is 4.74 Å². The van der Waals surface area contributed by atoms with Crippen LogP contribution in [0.2, 0.25) is 0 Å². The molecule has 0 saturated heterocycles. The van der Waals surface area contributed by atoms with E-state index < -0.39 is 16.0 Å². The molecule has 2 aromatic rings. The Morgan fingerprint density at radius 2 is 1.71 bits per heavy atom. The number of sulfonamides is 1. The second-order valence-electron chi connectivity index (χ2n) is 5.23. The number of carbonyl (C=O) groups is 1. The lowest BCUT2D eigenvalue weighted by atomic mass is 10.1. The van der Waals surface area contributed by atoms with Gasteiger partial charge < -0.3 is 9.47 Å². The molecule has 0 aromatic heterocycles. The van der Waals surface area contributed by atoms with Gasteiger partial charge >= 0.3 is 5.97 Å². The first-order valence-corrected chi connectivity index (χ1v) is 8.64. The third-order valence-electron chi connectivity index (χ3n) is 3.56. The lowest BCUT2D eigenvalue weighted by molar-refractivity contribution is 0.0602. The van der Waals surface area contributed by atoms with Crippen LogP contribution in [0.1, 0.15) is 21.5 Å². The molecule has 0 saturated carbocycles. The average molecular weight is 349 g/mol. The van der Waals surface area contributed by atoms with Crippen molar-refractivity contribution in [2.75, 3.05) is 18.9 Å². The molecule has 6 nitrogen and oxygen atoms in total. The maximum Gasteiger partial charge on any atom is 0.339 e. The summed E-state index contributed by atoms with van der Waals surface area (Å²) in [4.78, 5) is 11.9. The van der Waals surface area contributed by atoms with E-state index in [9.17, 15) is 13.2 Å². The second-order valence-corrected chi connectivity index (χ2v) is 6.88. The number of hydrogen-bond donors (Lipinski definition) is 1. The SMILES string of the molecule is COC(=O)c1ccccc1NS(=O)(=O)c1cc(C)c(OC)cc1C. The largest absolute Gasteiger partial charge is 0.496 e. The topological polar surface area (TPSA) is 81.7 Å². The minimum atomic E-state index is -3.87. The molecular formula is C17H19NO5S. The van der Waals surface area contributed by atoms with Crippen molar-refractivity contribution in [3.8, 4) is 5.75 Å². The Hall–Kier alpha value is -2.54. The molecule has 0 aliphatic carbocycles. The monoisotopic (exact) mass is 349 g/mol. The molecule has 0 fully saturated rings. The lowest BCUT2D eigenvalue weighted by Gasteiger charge is -2.15. The summed E-state index contributed by atoms with van der Waals surface area (Å²) in [5, 5.41) is 0. The van der Waals surface area contributed by atoms with Gasteiger partial charge in [0.05, 0.1) is 30.4 Å². The van der Waals surface area contributed by atoms with Crippen LogP contribution in [0.3, 0.4) is 0 Å². The molecule has 24 heavy (non-hydrogen) atoms. The van der Waals surface area contributed by atoms with Crippen molar-refractivity contribution in [2.24, 2.45) is 0 Å². The van der Waals surface area contributed by atoms with Crippen LogP contribution in [0, 0.1) is 13.8 Å². The van der Waals surface area contributed by atoms with E-state index >= 15 is 0 Å². The lowest BCUT2D eigenvalue weighted by Crippen LogP contribution is -2.17. The van der Waals surface area contributed by atoms with Gasteiger partial charge in [0.2, 0.25) is 0 Å². The smallest absolute Gasteiger partial charge is 0.339 e. The van der Waals surface area contributed by atoms with Crippen LogP contribution >= 0.6 is 0 Å². The molecule has 0 bridgehead atoms. The van der Waals surface area contributed by atoms with E-state index in [-0.39, 0.29) is 16.1 Å². The number of carbonyl (C=O) groups excluding carboxylic acids is 1. The Labute approximate surface area is 141 Å². The minimum Gasteiger partial charge on any atom is -0.496 e. The van der Waals surface area contributed by atoms with Gasteiger partial charge in [-0.2, -0.15) is 0 Å². The highest BCUT2D eigenvalue weighted by Gasteiger charge is 2.21. The average Bonchev–Trinajstić information content (AvgIpc) is 2.55. The van der Waals surface area contributed by atoms with Crippen molar-refractivity contribution in [2.45, 2.75) is 18.7 Å². The number of anilines is 1. The van der Waals surface area contributed by atoms with Crippen molar-refractivity contribution >= 4 is 21.7 Å². The molecule has 0 atom stereocenters. The van der Waals surface area contributed by atoms with Crippen LogP contribution in [0.5, 0.6) is 5.75 Å². The third kappa shape index (κ3) is 3.51. The fourth-order valence-electron chi connectivity index (χ4n) is 2.33. The predicted octanol–water partition coefficient (Wildman–Crippen LogP) is 2.90. The number of rotatable bonds is 5. The highest BCUT2D eigenvalue weighted by atomic mass is 32.2. The van der Waals surface area contributed by atoms with E-state index in [1.54, 1.807) is 32.0 Å². The standard InChI is InChI=1S/C17H19NO5S/c1-11-10-16(12(2)9-15(11)22-3)24(20,21)18-14-8-6-5-7-13(14)17(19)23-4/h5-10,18H,1-4H3. The van der Waals surface area contributed by atoms with Gasteiger partial charge in [-0.05, 0) is 49.2 Å². The van der Waals surface area contributed by atoms with E-state index in [0.717, 1.165) is 0 Å². The van der Waals surface area contributed by atoms with Crippen molar-refractivity contribution in [3.63, 3.8) is 0 Å². The summed E-state index contributed by atoms with van der Waals surface area (Å²) in [6, 6.07) is 9.47. The third-order valence-corrected chi connectivity index (χ3v) is 5.07. The van der Waals surface area contributed by atoms with Crippen molar-refractivity contribution in [1.29, 1.82) is 0 Å². The van der Waals surface area contributed by atoms with E-state index in [1.807, 2.05) is 0 Å². The zero-order valence-corrected chi connectivity index (χ0v) is 14.7. The van der Waals surface area contributed by atoms with Gasteiger partial charge in [-0.3, -0.25) is 4.72 Å². The molecule has 2 rings (SSSR count). The highest BCUT2D eigenvalue weighted by Crippen LogP contribution is 2.28. The van der Waals surface area contributed by atoms with E-state index in [2.05, 4.69) is 9.46 Å². The molecule has 0 amide bonds. The summed E-state index contributed by atoms with van der Waals surface area (Å²) in [6.45, 7) is 3.45. The first kappa shape index (κ1) is 17.8. The second kappa shape index (κ2) is 6.92. The van der Waals surface area contributed by atoms with Crippen molar-refractivity contribution < 1.29 is 22.7 Å². The Balaban J connectivity index is 2.47. The molecule has 0 unspecified atom stereocenters. The molecule has 0 aliphatic rings. The van der Waals surface area contributed by atoms with Gasteiger partial charge in [0.15, 0.2) is 0 Å². The fraction of sp³-hybridized carbons (Fsp3) is 0.235. The quantitative estimate of drug-likeness (QED) is 0.840. The molecule has 0 heterocycles. The molecule has 0 aliphatic heterocycles. The first-order valence-electron chi connectivity index (χ1n) is 7.15. The minimum absolute atomic E-state index is 0.125. The molecule has 1 N–H and O–H groups in total. The van der Waals surface area contributed by atoms with Crippen LogP contribution in [0.25, 0.3) is 0 Å². The van der Waals surface area contributed by atoms with Gasteiger partial charge in [0.1, 0.15) is 5.75 Å². The predicted molar refractivity (Wildman–Crippen MR) is 91.1 cm³/mol. The number of esters is 1. The fourth-order valence-corrected chi connectivity index (χ4v) is 3.72. The normalized spacial score (nSPS) is 11.0. The Bertz CT molecular complexity index is 875. The molecule has 0 spiro atoms.